The van der Waals surface area contributed by atoms with Gasteiger partial charge in [-0.25, -0.2) is 4.39 Å². The van der Waals surface area contributed by atoms with Crippen LogP contribution in [0, 0.1) is 5.82 Å². The summed E-state index contributed by atoms with van der Waals surface area (Å²) in [5, 5.41) is 2.19. The Hall–Kier alpha value is -2.48. The SMILES string of the molecule is CCN(C(=O)c1ccc(N2CCOCC2)c(F)c1)C1CC(=O)NC1=O. The summed E-state index contributed by atoms with van der Waals surface area (Å²) in [6.45, 7) is 4.22. The standard InChI is InChI=1S/C17H20FN3O4/c1-2-21(14-10-15(22)19-16(14)23)17(24)11-3-4-13(12(18)9-11)20-5-7-25-8-6-20/h3-4,9,14H,2,5-8,10H2,1H3,(H,19,22,23). The maximum Gasteiger partial charge on any atom is 0.254 e. The highest BCUT2D eigenvalue weighted by Gasteiger charge is 2.37. The Morgan fingerprint density at radius 3 is 2.64 bits per heavy atom. The van der Waals surface area contributed by atoms with Crippen LogP contribution in [0.25, 0.3) is 0 Å². The van der Waals surface area contributed by atoms with Gasteiger partial charge in [0.1, 0.15) is 11.9 Å². The lowest BCUT2D eigenvalue weighted by atomic mass is 10.1. The molecule has 1 aromatic rings. The number of likely N-dealkylation sites (N-methyl/N-ethyl adjacent to an activating group) is 1. The highest BCUT2D eigenvalue weighted by Crippen LogP contribution is 2.23. The van der Waals surface area contributed by atoms with E-state index in [0.29, 0.717) is 32.0 Å². The Morgan fingerprint density at radius 2 is 2.08 bits per heavy atom. The number of nitrogens with one attached hydrogen (secondary N) is 1. The molecule has 1 atom stereocenters. The van der Waals surface area contributed by atoms with Crippen molar-refractivity contribution >= 4 is 23.4 Å². The van der Waals surface area contributed by atoms with E-state index in [9.17, 15) is 18.8 Å². The molecule has 2 heterocycles. The van der Waals surface area contributed by atoms with Crippen molar-refractivity contribution in [3.05, 3.63) is 29.6 Å². The van der Waals surface area contributed by atoms with Gasteiger partial charge in [-0.3, -0.25) is 19.7 Å². The summed E-state index contributed by atoms with van der Waals surface area (Å²) in [4.78, 5) is 39.1. The Morgan fingerprint density at radius 1 is 1.36 bits per heavy atom. The van der Waals surface area contributed by atoms with Crippen LogP contribution in [0.2, 0.25) is 0 Å². The van der Waals surface area contributed by atoms with E-state index >= 15 is 0 Å². The fourth-order valence-corrected chi connectivity index (χ4v) is 3.16. The molecule has 2 aliphatic heterocycles. The van der Waals surface area contributed by atoms with Crippen LogP contribution in [0.15, 0.2) is 18.2 Å². The number of hydrogen-bond acceptors (Lipinski definition) is 5. The van der Waals surface area contributed by atoms with Gasteiger partial charge in [0.2, 0.25) is 11.8 Å². The van der Waals surface area contributed by atoms with Crippen LogP contribution in [0.1, 0.15) is 23.7 Å². The molecular weight excluding hydrogens is 329 g/mol. The number of carbonyl (C=O) groups excluding carboxylic acids is 3. The molecular formula is C17H20FN3O4. The predicted octanol–water partition coefficient (Wildman–Crippen LogP) is 0.540. The van der Waals surface area contributed by atoms with E-state index in [4.69, 9.17) is 4.74 Å². The van der Waals surface area contributed by atoms with E-state index in [2.05, 4.69) is 5.32 Å². The number of imide groups is 1. The molecule has 8 heteroatoms. The number of nitrogens with zero attached hydrogens (tertiary/aromatic N) is 2. The smallest absolute Gasteiger partial charge is 0.254 e. The van der Waals surface area contributed by atoms with Crippen molar-refractivity contribution in [1.29, 1.82) is 0 Å². The van der Waals surface area contributed by atoms with Crippen molar-refractivity contribution in [2.45, 2.75) is 19.4 Å². The zero-order chi connectivity index (χ0) is 18.0. The summed E-state index contributed by atoms with van der Waals surface area (Å²) < 4.78 is 19.7. The van der Waals surface area contributed by atoms with Crippen LogP contribution in [0.3, 0.4) is 0 Å². The molecule has 0 spiro atoms. The second-order valence-electron chi connectivity index (χ2n) is 5.99. The lowest BCUT2D eigenvalue weighted by Crippen LogP contribution is -2.44. The Labute approximate surface area is 144 Å². The highest BCUT2D eigenvalue weighted by molar-refractivity contribution is 6.08. The van der Waals surface area contributed by atoms with Crippen LogP contribution >= 0.6 is 0 Å². The molecule has 134 valence electrons. The first-order chi connectivity index (χ1) is 12.0. The first-order valence-electron chi connectivity index (χ1n) is 8.28. The van der Waals surface area contributed by atoms with Crippen LogP contribution in [0.5, 0.6) is 0 Å². The van der Waals surface area contributed by atoms with Crippen molar-refractivity contribution in [3.63, 3.8) is 0 Å². The first-order valence-corrected chi connectivity index (χ1v) is 8.28. The lowest BCUT2D eigenvalue weighted by Gasteiger charge is -2.29. The van der Waals surface area contributed by atoms with Gasteiger partial charge in [-0.1, -0.05) is 0 Å². The quantitative estimate of drug-likeness (QED) is 0.803. The van der Waals surface area contributed by atoms with Gasteiger partial charge in [0.05, 0.1) is 25.3 Å². The molecule has 0 aliphatic carbocycles. The van der Waals surface area contributed by atoms with E-state index in [1.807, 2.05) is 4.90 Å². The van der Waals surface area contributed by atoms with Crippen molar-refractivity contribution in [1.82, 2.24) is 10.2 Å². The summed E-state index contributed by atoms with van der Waals surface area (Å²) >= 11 is 0. The number of rotatable bonds is 4. The third-order valence-corrected chi connectivity index (χ3v) is 4.47. The molecule has 1 aromatic carbocycles. The number of benzene rings is 1. The second-order valence-corrected chi connectivity index (χ2v) is 5.99. The van der Waals surface area contributed by atoms with Gasteiger partial charge in [-0.15, -0.1) is 0 Å². The highest BCUT2D eigenvalue weighted by atomic mass is 19.1. The summed E-state index contributed by atoms with van der Waals surface area (Å²) in [5.41, 5.74) is 0.584. The van der Waals surface area contributed by atoms with Crippen molar-refractivity contribution in [2.75, 3.05) is 37.7 Å². The van der Waals surface area contributed by atoms with E-state index in [1.165, 1.54) is 11.0 Å². The summed E-state index contributed by atoms with van der Waals surface area (Å²) in [6.07, 6.45) is -0.0627. The van der Waals surface area contributed by atoms with E-state index in [0.717, 1.165) is 0 Å². The molecule has 2 aliphatic rings. The normalized spacial score (nSPS) is 20.6. The van der Waals surface area contributed by atoms with E-state index in [1.54, 1.807) is 19.1 Å². The van der Waals surface area contributed by atoms with Gasteiger partial charge in [0.25, 0.3) is 5.91 Å². The molecule has 25 heavy (non-hydrogen) atoms. The second kappa shape index (κ2) is 7.18. The zero-order valence-electron chi connectivity index (χ0n) is 14.0. The van der Waals surface area contributed by atoms with Crippen LogP contribution in [-0.4, -0.2) is 61.5 Å². The largest absolute Gasteiger partial charge is 0.378 e. The van der Waals surface area contributed by atoms with Gasteiger partial charge in [-0.2, -0.15) is 0 Å². The Balaban J connectivity index is 1.80. The molecule has 0 saturated carbocycles. The van der Waals surface area contributed by atoms with Crippen LogP contribution < -0.4 is 10.2 Å². The average Bonchev–Trinajstić information content (AvgIpc) is 2.94. The maximum atomic E-state index is 14.5. The summed E-state index contributed by atoms with van der Waals surface area (Å²) in [5.74, 6) is -1.86. The Bertz CT molecular complexity index is 703. The fraction of sp³-hybridized carbons (Fsp3) is 0.471. The summed E-state index contributed by atoms with van der Waals surface area (Å²) in [7, 11) is 0. The Kier molecular flexibility index (Phi) is 4.98. The molecule has 3 amide bonds. The molecule has 1 unspecified atom stereocenters. The van der Waals surface area contributed by atoms with Gasteiger partial charge < -0.3 is 14.5 Å². The maximum absolute atomic E-state index is 14.5. The molecule has 3 rings (SSSR count). The minimum Gasteiger partial charge on any atom is -0.378 e. The molecule has 0 radical (unpaired) electrons. The van der Waals surface area contributed by atoms with E-state index < -0.39 is 29.6 Å². The minimum absolute atomic E-state index is 0.0627. The molecule has 2 fully saturated rings. The van der Waals surface area contributed by atoms with Gasteiger partial charge in [0, 0.05) is 25.2 Å². The van der Waals surface area contributed by atoms with E-state index in [-0.39, 0.29) is 18.5 Å². The van der Waals surface area contributed by atoms with Crippen molar-refractivity contribution < 1.29 is 23.5 Å². The fourth-order valence-electron chi connectivity index (χ4n) is 3.16. The first kappa shape index (κ1) is 17.3. The predicted molar refractivity (Wildman–Crippen MR) is 87.7 cm³/mol. The van der Waals surface area contributed by atoms with Crippen LogP contribution in [-0.2, 0) is 14.3 Å². The lowest BCUT2D eigenvalue weighted by molar-refractivity contribution is -0.126. The average molecular weight is 349 g/mol. The van der Waals surface area contributed by atoms with Crippen molar-refractivity contribution in [2.24, 2.45) is 0 Å². The monoisotopic (exact) mass is 349 g/mol. The van der Waals surface area contributed by atoms with Crippen molar-refractivity contribution in [3.8, 4) is 0 Å². The minimum atomic E-state index is -0.841. The third-order valence-electron chi connectivity index (χ3n) is 4.47. The number of hydrogen-bond donors (Lipinski definition) is 1. The molecule has 1 N–H and O–H groups in total. The molecule has 0 aromatic heterocycles. The number of anilines is 1. The molecule has 0 bridgehead atoms. The number of amides is 3. The van der Waals surface area contributed by atoms with Crippen LogP contribution in [0.4, 0.5) is 10.1 Å². The number of halogens is 1. The molecule has 7 nitrogen and oxygen atoms in total. The van der Waals surface area contributed by atoms with Gasteiger partial charge in [0.15, 0.2) is 0 Å². The number of morpholine rings is 1. The molecule has 2 saturated heterocycles. The number of ether oxygens (including phenoxy) is 1. The summed E-state index contributed by atoms with van der Waals surface area (Å²) in [6, 6.07) is 3.46. The zero-order valence-corrected chi connectivity index (χ0v) is 14.0. The van der Waals surface area contributed by atoms with Gasteiger partial charge >= 0.3 is 0 Å². The third kappa shape index (κ3) is 3.48. The van der Waals surface area contributed by atoms with Gasteiger partial charge in [-0.05, 0) is 25.1 Å². The number of carbonyl (C=O) groups is 3. The topological polar surface area (TPSA) is 79.0 Å².